The highest BCUT2D eigenvalue weighted by Gasteiger charge is 2.17. The molecule has 51 heavy (non-hydrogen) atoms. The zero-order chi connectivity index (χ0) is 35.9. The fraction of sp³-hybridized carbons (Fsp3) is 0.216. The predicted molar refractivity (Wildman–Crippen MR) is 193 cm³/mol. The van der Waals surface area contributed by atoms with E-state index >= 15 is 0 Å². The maximum absolute atomic E-state index is 12.8. The lowest BCUT2D eigenvalue weighted by molar-refractivity contribution is 0.0916. The van der Waals surface area contributed by atoms with Gasteiger partial charge in [-0.15, -0.1) is 0 Å². The molecule has 0 fully saturated rings. The molecule has 4 aromatic heterocycles. The summed E-state index contributed by atoms with van der Waals surface area (Å²) in [6, 6.07) is 21.2. The number of aromatic amines is 1. The normalized spacial score (nSPS) is 11.7. The molecule has 0 aliphatic carbocycles. The van der Waals surface area contributed by atoms with E-state index in [1.54, 1.807) is 60.8 Å². The van der Waals surface area contributed by atoms with E-state index < -0.39 is 6.10 Å². The number of ether oxygens (including phenoxy) is 2. The van der Waals surface area contributed by atoms with Crippen molar-refractivity contribution in [1.82, 2.24) is 19.5 Å². The van der Waals surface area contributed by atoms with Gasteiger partial charge in [0, 0.05) is 25.2 Å². The minimum absolute atomic E-state index is 0.0477. The van der Waals surface area contributed by atoms with Gasteiger partial charge in [0.15, 0.2) is 6.61 Å². The van der Waals surface area contributed by atoms with E-state index in [0.29, 0.717) is 45.4 Å². The summed E-state index contributed by atoms with van der Waals surface area (Å²) in [5.41, 5.74) is 4.18. The topological polar surface area (TPSA) is 177 Å². The molecule has 0 aliphatic rings. The second kappa shape index (κ2) is 16.0. The minimum Gasteiger partial charge on any atom is -0.494 e. The second-order valence-corrected chi connectivity index (χ2v) is 13.8. The highest BCUT2D eigenvalue weighted by molar-refractivity contribution is 7.09. The number of thiazole rings is 2. The Morgan fingerprint density at radius 2 is 1.43 bits per heavy atom. The zero-order valence-electron chi connectivity index (χ0n) is 27.4. The van der Waals surface area contributed by atoms with E-state index in [1.165, 1.54) is 10.8 Å². The monoisotopic (exact) mass is 726 g/mol. The van der Waals surface area contributed by atoms with E-state index in [2.05, 4.69) is 15.0 Å². The summed E-state index contributed by atoms with van der Waals surface area (Å²) in [6.45, 7) is 1.93. The smallest absolute Gasteiger partial charge is 0.310 e. The van der Waals surface area contributed by atoms with Gasteiger partial charge in [0.2, 0.25) is 17.5 Å². The first-order valence-electron chi connectivity index (χ1n) is 16.0. The number of aliphatic hydroxyl groups excluding tert-OH is 1. The van der Waals surface area contributed by atoms with Gasteiger partial charge in [-0.05, 0) is 65.1 Å². The largest absolute Gasteiger partial charge is 0.494 e. The number of nitrogens with one attached hydrogen (secondary N) is 1. The van der Waals surface area contributed by atoms with Crippen LogP contribution in [-0.2, 0) is 25.8 Å². The Morgan fingerprint density at radius 1 is 0.804 bits per heavy atom. The van der Waals surface area contributed by atoms with E-state index in [1.807, 2.05) is 25.1 Å². The van der Waals surface area contributed by atoms with Crippen molar-refractivity contribution in [3.63, 3.8) is 0 Å². The molecule has 2 aromatic carbocycles. The second-order valence-electron chi connectivity index (χ2n) is 11.7. The highest BCUT2D eigenvalue weighted by atomic mass is 32.1. The summed E-state index contributed by atoms with van der Waals surface area (Å²) in [4.78, 5) is 48.2. The number of carbonyl (C=O) groups is 1. The quantitative estimate of drug-likeness (QED) is 0.105. The van der Waals surface area contributed by atoms with Crippen LogP contribution in [0, 0.1) is 0 Å². The first-order chi connectivity index (χ1) is 24.6. The average Bonchev–Trinajstić information content (AvgIpc) is 3.61. The number of hydrogen-bond acceptors (Lipinski definition) is 12. The number of pyridine rings is 2. The number of Topliss-reactive ketones (excluding diaryl/α,β-unsaturated/α-hetero) is 1. The molecule has 4 N–H and O–H groups in total. The number of carbonyl (C=O) groups excluding carboxylic acids is 1. The van der Waals surface area contributed by atoms with Gasteiger partial charge in [-0.3, -0.25) is 33.9 Å². The average molecular weight is 727 g/mol. The van der Waals surface area contributed by atoms with Gasteiger partial charge >= 0.3 is 9.75 Å². The molecule has 12 nitrogen and oxygen atoms in total. The molecule has 4 heterocycles. The molecule has 0 aliphatic heterocycles. The number of rotatable bonds is 15. The van der Waals surface area contributed by atoms with E-state index in [-0.39, 0.29) is 52.7 Å². The third kappa shape index (κ3) is 8.97. The molecule has 0 radical (unpaired) electrons. The number of nitrogens with zero attached hydrogens (tertiary/aromatic N) is 3. The molecule has 1 unspecified atom stereocenters. The minimum atomic E-state index is -0.864. The molecule has 0 saturated heterocycles. The Kier molecular flexibility index (Phi) is 11.0. The molecule has 6 rings (SSSR count). The molecule has 14 heteroatoms. The predicted octanol–water partition coefficient (Wildman–Crippen LogP) is 5.03. The molecule has 0 spiro atoms. The lowest BCUT2D eigenvalue weighted by Crippen LogP contribution is -2.15. The van der Waals surface area contributed by atoms with Crippen LogP contribution in [0.15, 0.2) is 94.8 Å². The van der Waals surface area contributed by atoms with Gasteiger partial charge in [-0.2, -0.15) is 0 Å². The Labute approximate surface area is 299 Å². The van der Waals surface area contributed by atoms with Crippen molar-refractivity contribution in [3.05, 3.63) is 148 Å². The molecule has 6 aromatic rings. The van der Waals surface area contributed by atoms with E-state index in [4.69, 9.17) is 9.47 Å². The van der Waals surface area contributed by atoms with Gasteiger partial charge in [-0.1, -0.05) is 66.0 Å². The number of benzene rings is 2. The van der Waals surface area contributed by atoms with Crippen LogP contribution < -0.4 is 19.2 Å². The van der Waals surface area contributed by atoms with Crippen LogP contribution in [0.5, 0.6) is 23.3 Å². The zero-order valence-corrected chi connectivity index (χ0v) is 29.1. The van der Waals surface area contributed by atoms with Crippen molar-refractivity contribution in [3.8, 4) is 23.3 Å². The van der Waals surface area contributed by atoms with Crippen molar-refractivity contribution in [1.29, 1.82) is 0 Å². The molecule has 0 amide bonds. The number of aliphatic hydroxyl groups is 1. The lowest BCUT2D eigenvalue weighted by atomic mass is 10.1. The fourth-order valence-corrected chi connectivity index (χ4v) is 6.81. The summed E-state index contributed by atoms with van der Waals surface area (Å²) < 4.78 is 12.6. The van der Waals surface area contributed by atoms with E-state index in [9.17, 15) is 29.7 Å². The number of ketones is 1. The molecule has 1 atom stereocenters. The summed E-state index contributed by atoms with van der Waals surface area (Å²) >= 11 is 1.91. The first kappa shape index (κ1) is 35.3. The van der Waals surface area contributed by atoms with Gasteiger partial charge in [0.1, 0.15) is 29.9 Å². The van der Waals surface area contributed by atoms with Crippen LogP contribution >= 0.6 is 22.7 Å². The maximum atomic E-state index is 12.8. The third-order valence-corrected chi connectivity index (χ3v) is 9.88. The van der Waals surface area contributed by atoms with Crippen molar-refractivity contribution < 1.29 is 29.6 Å². The molecule has 0 bridgehead atoms. The van der Waals surface area contributed by atoms with Crippen molar-refractivity contribution >= 4 is 28.5 Å². The maximum Gasteiger partial charge on any atom is 0.310 e. The van der Waals surface area contributed by atoms with Gasteiger partial charge in [0.05, 0.1) is 22.0 Å². The molecule has 0 saturated carbocycles. The van der Waals surface area contributed by atoms with Gasteiger partial charge in [0.25, 0.3) is 0 Å². The Bertz CT molecular complexity index is 2210. The van der Waals surface area contributed by atoms with Crippen LogP contribution in [0.3, 0.4) is 0 Å². The Balaban J connectivity index is 0.989. The van der Waals surface area contributed by atoms with Crippen molar-refractivity contribution in [2.75, 3.05) is 13.2 Å². The fourth-order valence-electron chi connectivity index (χ4n) is 5.14. The number of H-pyrrole nitrogens is 1. The third-order valence-electron chi connectivity index (χ3n) is 8.04. The Morgan fingerprint density at radius 3 is 2.02 bits per heavy atom. The molecule has 262 valence electrons. The number of aromatic nitrogens is 4. The van der Waals surface area contributed by atoms with E-state index in [0.717, 1.165) is 45.8 Å². The summed E-state index contributed by atoms with van der Waals surface area (Å²) in [5, 5.41) is 31.1. The summed E-state index contributed by atoms with van der Waals surface area (Å²) in [6.07, 6.45) is 3.96. The lowest BCUT2D eigenvalue weighted by Gasteiger charge is -2.12. The molecular formula is C37H34N4O8S2. The van der Waals surface area contributed by atoms with Crippen LogP contribution in [0.2, 0.25) is 0 Å². The molecular weight excluding hydrogens is 693 g/mol. The van der Waals surface area contributed by atoms with Crippen LogP contribution in [0.4, 0.5) is 0 Å². The number of aryl methyl sites for hydroxylation is 1. The summed E-state index contributed by atoms with van der Waals surface area (Å²) in [5.74, 6) is 0.447. The van der Waals surface area contributed by atoms with Crippen molar-refractivity contribution in [2.24, 2.45) is 0 Å². The van der Waals surface area contributed by atoms with Gasteiger partial charge < -0.3 is 24.8 Å². The Hall–Kier alpha value is -5.57. The highest BCUT2D eigenvalue weighted by Crippen LogP contribution is 2.26. The van der Waals surface area contributed by atoms with Crippen LogP contribution in [0.1, 0.15) is 61.2 Å². The van der Waals surface area contributed by atoms with Crippen LogP contribution in [0.25, 0.3) is 0 Å². The number of hydrogen-bond donors (Lipinski definition) is 4. The number of aromatic hydroxyl groups is 2. The first-order valence-corrected chi connectivity index (χ1v) is 17.7. The van der Waals surface area contributed by atoms with Crippen molar-refractivity contribution in [2.45, 2.75) is 38.8 Å². The van der Waals surface area contributed by atoms with Gasteiger partial charge in [-0.25, -0.2) is 0 Å². The SMILES string of the molecule is CCc1ccc(C(O)COc2ccc(Cc3sc(=O)n(Cc4ccc(C(=O)COc5ccc(Cc6sc(=O)[nH]c6O)cc5)nc4)c3O)cc2)nc1. The summed E-state index contributed by atoms with van der Waals surface area (Å²) in [7, 11) is 0. The van der Waals surface area contributed by atoms with Crippen LogP contribution in [-0.4, -0.2) is 53.8 Å². The standard InChI is InChI=1S/C37H34N4O8S2/c1-2-22-7-13-28(38-17-22)30(42)20-48-27-11-5-24(6-12-27)16-33-35(45)41(37(47)51-33)19-25-8-14-29(39-18-25)31(43)21-49-26-9-3-23(4-10-26)15-32-34(44)40-36(46)50-32/h3-14,17-18,30,42,44-45H,2,15-16,19-21H2,1H3,(H,40,46).